The molecule has 0 bridgehead atoms. The van der Waals surface area contributed by atoms with E-state index < -0.39 is 0 Å². The minimum Gasteiger partial charge on any atom is -0.375 e. The lowest BCUT2D eigenvalue weighted by Crippen LogP contribution is -2.44. The predicted octanol–water partition coefficient (Wildman–Crippen LogP) is 4.16. The van der Waals surface area contributed by atoms with E-state index in [0.29, 0.717) is 5.41 Å². The molecule has 88 valence electrons. The van der Waals surface area contributed by atoms with Crippen LogP contribution in [-0.4, -0.2) is 12.2 Å². The van der Waals surface area contributed by atoms with Gasteiger partial charge in [-0.15, -0.1) is 0 Å². The fourth-order valence-corrected chi connectivity index (χ4v) is 3.31. The summed E-state index contributed by atoms with van der Waals surface area (Å²) in [5.74, 6) is 0.865. The number of rotatable bonds is 0. The van der Waals surface area contributed by atoms with Crippen LogP contribution >= 0.6 is 0 Å². The van der Waals surface area contributed by atoms with Gasteiger partial charge in [0.25, 0.3) is 0 Å². The number of hydrogen-bond acceptors (Lipinski definition) is 1. The van der Waals surface area contributed by atoms with Crippen molar-refractivity contribution >= 4 is 0 Å². The molecule has 1 nitrogen and oxygen atoms in total. The van der Waals surface area contributed by atoms with Gasteiger partial charge in [-0.3, -0.25) is 0 Å². The van der Waals surface area contributed by atoms with Gasteiger partial charge in [-0.25, -0.2) is 0 Å². The fraction of sp³-hybridized carbons (Fsp3) is 1.00. The lowest BCUT2D eigenvalue weighted by molar-refractivity contribution is -0.131. The van der Waals surface area contributed by atoms with Crippen LogP contribution in [0, 0.1) is 11.3 Å². The van der Waals surface area contributed by atoms with Gasteiger partial charge in [0.2, 0.25) is 0 Å². The number of ether oxygens (including phenoxy) is 1. The third kappa shape index (κ3) is 2.55. The molecule has 0 aromatic rings. The summed E-state index contributed by atoms with van der Waals surface area (Å²) in [4.78, 5) is 0. The summed E-state index contributed by atoms with van der Waals surface area (Å²) < 4.78 is 6.13. The van der Waals surface area contributed by atoms with E-state index in [2.05, 4.69) is 20.8 Å². The average Bonchev–Trinajstić information content (AvgIpc) is 2.18. The van der Waals surface area contributed by atoms with E-state index in [0.717, 1.165) is 12.5 Å². The molecule has 1 unspecified atom stereocenters. The second-order valence-electron chi connectivity index (χ2n) is 6.65. The molecule has 1 spiro atoms. The molecule has 1 atom stereocenters. The largest absolute Gasteiger partial charge is 0.375 e. The first kappa shape index (κ1) is 11.4. The van der Waals surface area contributed by atoms with Gasteiger partial charge in [-0.1, -0.05) is 40.0 Å². The topological polar surface area (TPSA) is 9.23 Å². The van der Waals surface area contributed by atoms with Gasteiger partial charge in [0.15, 0.2) is 0 Å². The van der Waals surface area contributed by atoms with Gasteiger partial charge in [0.05, 0.1) is 5.60 Å². The maximum atomic E-state index is 6.13. The van der Waals surface area contributed by atoms with Crippen LogP contribution in [0.1, 0.15) is 65.7 Å². The lowest BCUT2D eigenvalue weighted by atomic mass is 9.68. The molecule has 0 amide bonds. The SMILES string of the molecule is CC(C)(C)C1CCOC2(CCCCC2)C1. The van der Waals surface area contributed by atoms with Gasteiger partial charge in [-0.05, 0) is 37.0 Å². The summed E-state index contributed by atoms with van der Waals surface area (Å²) in [6.45, 7) is 8.17. The van der Waals surface area contributed by atoms with E-state index >= 15 is 0 Å². The van der Waals surface area contributed by atoms with Gasteiger partial charge in [-0.2, -0.15) is 0 Å². The van der Waals surface area contributed by atoms with Gasteiger partial charge < -0.3 is 4.74 Å². The zero-order valence-electron chi connectivity index (χ0n) is 10.6. The van der Waals surface area contributed by atoms with Gasteiger partial charge in [0, 0.05) is 6.61 Å². The quantitative estimate of drug-likeness (QED) is 0.583. The van der Waals surface area contributed by atoms with Crippen LogP contribution in [0.5, 0.6) is 0 Å². The highest BCUT2D eigenvalue weighted by atomic mass is 16.5. The molecule has 1 aliphatic carbocycles. The molecule has 2 aliphatic rings. The maximum absolute atomic E-state index is 6.13. The van der Waals surface area contributed by atoms with E-state index in [1.165, 1.54) is 44.9 Å². The van der Waals surface area contributed by atoms with Crippen molar-refractivity contribution in [3.63, 3.8) is 0 Å². The third-order valence-electron chi connectivity index (χ3n) is 4.48. The van der Waals surface area contributed by atoms with E-state index in [4.69, 9.17) is 4.74 Å². The van der Waals surface area contributed by atoms with Crippen LogP contribution in [0.25, 0.3) is 0 Å². The molecule has 0 aromatic carbocycles. The fourth-order valence-electron chi connectivity index (χ4n) is 3.31. The normalized spacial score (nSPS) is 31.8. The highest BCUT2D eigenvalue weighted by Gasteiger charge is 2.41. The summed E-state index contributed by atoms with van der Waals surface area (Å²) in [5.41, 5.74) is 0.753. The lowest BCUT2D eigenvalue weighted by Gasteiger charge is -2.47. The Bertz CT molecular complexity index is 202. The molecular formula is C14H26O. The summed E-state index contributed by atoms with van der Waals surface area (Å²) >= 11 is 0. The molecule has 1 heterocycles. The van der Waals surface area contributed by atoms with E-state index in [1.807, 2.05) is 0 Å². The zero-order valence-corrected chi connectivity index (χ0v) is 10.6. The number of hydrogen-bond donors (Lipinski definition) is 0. The summed E-state index contributed by atoms with van der Waals surface area (Å²) in [7, 11) is 0. The van der Waals surface area contributed by atoms with Gasteiger partial charge >= 0.3 is 0 Å². The molecule has 1 saturated carbocycles. The Labute approximate surface area is 94.6 Å². The Balaban J connectivity index is 2.02. The first-order valence-corrected chi connectivity index (χ1v) is 6.66. The molecule has 15 heavy (non-hydrogen) atoms. The van der Waals surface area contributed by atoms with Crippen LogP contribution in [0.2, 0.25) is 0 Å². The van der Waals surface area contributed by atoms with Crippen molar-refractivity contribution in [2.75, 3.05) is 6.61 Å². The minimum absolute atomic E-state index is 0.286. The Morgan fingerprint density at radius 1 is 1.07 bits per heavy atom. The zero-order chi connectivity index (χ0) is 10.9. The Kier molecular flexibility index (Phi) is 3.12. The van der Waals surface area contributed by atoms with Crippen LogP contribution in [0.4, 0.5) is 0 Å². The van der Waals surface area contributed by atoms with Crippen molar-refractivity contribution in [3.8, 4) is 0 Å². The van der Waals surface area contributed by atoms with Crippen LogP contribution in [-0.2, 0) is 4.74 Å². The second kappa shape index (κ2) is 4.08. The smallest absolute Gasteiger partial charge is 0.0685 e. The molecule has 0 N–H and O–H groups in total. The standard InChI is InChI=1S/C14H26O/c1-13(2,3)12-7-10-15-14(11-12)8-5-4-6-9-14/h12H,4-11H2,1-3H3. The van der Waals surface area contributed by atoms with Crippen molar-refractivity contribution in [1.29, 1.82) is 0 Å². The summed E-state index contributed by atoms with van der Waals surface area (Å²) in [5, 5.41) is 0. The first-order chi connectivity index (χ1) is 7.02. The third-order valence-corrected chi connectivity index (χ3v) is 4.48. The van der Waals surface area contributed by atoms with Crippen molar-refractivity contribution in [2.24, 2.45) is 11.3 Å². The molecular weight excluding hydrogens is 184 g/mol. The predicted molar refractivity (Wildman–Crippen MR) is 63.9 cm³/mol. The van der Waals surface area contributed by atoms with E-state index in [1.54, 1.807) is 0 Å². The monoisotopic (exact) mass is 210 g/mol. The van der Waals surface area contributed by atoms with Crippen molar-refractivity contribution in [3.05, 3.63) is 0 Å². The Morgan fingerprint density at radius 2 is 1.73 bits per heavy atom. The summed E-state index contributed by atoms with van der Waals surface area (Å²) in [6, 6.07) is 0. The van der Waals surface area contributed by atoms with Crippen molar-refractivity contribution in [1.82, 2.24) is 0 Å². The molecule has 1 heteroatoms. The average molecular weight is 210 g/mol. The van der Waals surface area contributed by atoms with Gasteiger partial charge in [0.1, 0.15) is 0 Å². The minimum atomic E-state index is 0.286. The van der Waals surface area contributed by atoms with Crippen LogP contribution in [0.15, 0.2) is 0 Å². The van der Waals surface area contributed by atoms with Crippen LogP contribution in [0.3, 0.4) is 0 Å². The molecule has 0 radical (unpaired) electrons. The molecule has 2 rings (SSSR count). The summed E-state index contributed by atoms with van der Waals surface area (Å²) in [6.07, 6.45) is 9.42. The highest BCUT2D eigenvalue weighted by Crippen LogP contribution is 2.45. The molecule has 0 aromatic heterocycles. The molecule has 2 fully saturated rings. The molecule has 1 aliphatic heterocycles. The van der Waals surface area contributed by atoms with Crippen molar-refractivity contribution < 1.29 is 4.74 Å². The van der Waals surface area contributed by atoms with E-state index in [-0.39, 0.29) is 5.60 Å². The van der Waals surface area contributed by atoms with Crippen molar-refractivity contribution in [2.45, 2.75) is 71.3 Å². The van der Waals surface area contributed by atoms with Crippen LogP contribution < -0.4 is 0 Å². The highest BCUT2D eigenvalue weighted by molar-refractivity contribution is 4.92. The molecule has 1 saturated heterocycles. The van der Waals surface area contributed by atoms with E-state index in [9.17, 15) is 0 Å². The Hall–Kier alpha value is -0.0400. The maximum Gasteiger partial charge on any atom is 0.0685 e. The Morgan fingerprint density at radius 3 is 2.33 bits per heavy atom. The second-order valence-corrected chi connectivity index (χ2v) is 6.65. The first-order valence-electron chi connectivity index (χ1n) is 6.66.